The summed E-state index contributed by atoms with van der Waals surface area (Å²) in [6, 6.07) is -0.925. The van der Waals surface area contributed by atoms with E-state index in [9.17, 15) is 9.59 Å². The van der Waals surface area contributed by atoms with Gasteiger partial charge in [-0.15, -0.1) is 0 Å². The van der Waals surface area contributed by atoms with E-state index in [0.717, 1.165) is 19.3 Å². The fourth-order valence-corrected chi connectivity index (χ4v) is 2.80. The van der Waals surface area contributed by atoms with Crippen molar-refractivity contribution in [2.45, 2.75) is 50.2 Å². The molecule has 2 rings (SSSR count). The van der Waals surface area contributed by atoms with Crippen LogP contribution in [0.15, 0.2) is 12.2 Å². The molecule has 0 aromatic rings. The molecule has 2 heterocycles. The third-order valence-electron chi connectivity index (χ3n) is 3.75. The predicted octanol–water partition coefficient (Wildman–Crippen LogP) is 0.586. The van der Waals surface area contributed by atoms with Crippen LogP contribution in [0.4, 0.5) is 0 Å². The molecule has 3 atom stereocenters. The first kappa shape index (κ1) is 13.1. The van der Waals surface area contributed by atoms with Crippen LogP contribution in [-0.2, 0) is 14.3 Å². The third-order valence-corrected chi connectivity index (χ3v) is 3.75. The van der Waals surface area contributed by atoms with Crippen molar-refractivity contribution in [1.29, 1.82) is 0 Å². The van der Waals surface area contributed by atoms with E-state index in [4.69, 9.17) is 10.5 Å². The molecule has 0 bridgehead atoms. The summed E-state index contributed by atoms with van der Waals surface area (Å²) in [6.07, 6.45) is 7.89. The fourth-order valence-electron chi connectivity index (χ4n) is 2.80. The molecule has 5 heteroatoms. The van der Waals surface area contributed by atoms with E-state index in [1.807, 2.05) is 6.08 Å². The Hall–Kier alpha value is -1.36. The number of carbonyl (C=O) groups is 2. The summed E-state index contributed by atoms with van der Waals surface area (Å²) in [7, 11) is 1.36. The molecular weight excluding hydrogens is 232 g/mol. The van der Waals surface area contributed by atoms with E-state index in [1.54, 1.807) is 4.90 Å². The molecule has 1 fully saturated rings. The van der Waals surface area contributed by atoms with Crippen LogP contribution in [0.1, 0.15) is 32.1 Å². The number of amides is 1. The molecule has 0 spiro atoms. The van der Waals surface area contributed by atoms with Crippen molar-refractivity contribution in [3.05, 3.63) is 12.2 Å². The summed E-state index contributed by atoms with van der Waals surface area (Å²) in [6.45, 7) is 0. The summed E-state index contributed by atoms with van der Waals surface area (Å²) in [5.74, 6) is -0.454. The molecule has 100 valence electrons. The second-order valence-corrected chi connectivity index (χ2v) is 4.92. The Morgan fingerprint density at radius 3 is 2.83 bits per heavy atom. The average molecular weight is 252 g/mol. The van der Waals surface area contributed by atoms with Crippen molar-refractivity contribution in [2.75, 3.05) is 7.11 Å². The first-order valence-electron chi connectivity index (χ1n) is 6.45. The normalized spacial score (nSPS) is 32.4. The van der Waals surface area contributed by atoms with Gasteiger partial charge >= 0.3 is 5.97 Å². The summed E-state index contributed by atoms with van der Waals surface area (Å²) >= 11 is 0. The molecule has 0 aromatic heterocycles. The number of fused-ring (bicyclic) bond motifs is 1. The summed E-state index contributed by atoms with van der Waals surface area (Å²) in [5, 5.41) is 0. The molecular formula is C13H20N2O3. The largest absolute Gasteiger partial charge is 0.467 e. The summed E-state index contributed by atoms with van der Waals surface area (Å²) < 4.78 is 4.80. The van der Waals surface area contributed by atoms with Gasteiger partial charge in [0, 0.05) is 6.04 Å². The van der Waals surface area contributed by atoms with Crippen molar-refractivity contribution < 1.29 is 14.3 Å². The van der Waals surface area contributed by atoms with Crippen molar-refractivity contribution in [3.63, 3.8) is 0 Å². The van der Waals surface area contributed by atoms with Gasteiger partial charge in [0.05, 0.1) is 13.2 Å². The zero-order valence-electron chi connectivity index (χ0n) is 10.7. The highest BCUT2D eigenvalue weighted by Crippen LogP contribution is 2.28. The molecule has 0 aliphatic carbocycles. The Labute approximate surface area is 107 Å². The van der Waals surface area contributed by atoms with E-state index < -0.39 is 12.1 Å². The zero-order valence-corrected chi connectivity index (χ0v) is 10.7. The number of esters is 1. The van der Waals surface area contributed by atoms with Crippen LogP contribution in [0.5, 0.6) is 0 Å². The minimum absolute atomic E-state index is 0.0814. The lowest BCUT2D eigenvalue weighted by atomic mass is 9.91. The lowest BCUT2D eigenvalue weighted by Gasteiger charge is -2.42. The molecule has 0 radical (unpaired) electrons. The maximum Gasteiger partial charge on any atom is 0.328 e. The lowest BCUT2D eigenvalue weighted by Crippen LogP contribution is -2.58. The van der Waals surface area contributed by atoms with E-state index in [-0.39, 0.29) is 17.9 Å². The SMILES string of the molecule is COC(=O)C1CCCC2CC=CCC(N)C(=O)N21. The number of nitrogens with two attached hydrogens (primary N) is 1. The first-order valence-corrected chi connectivity index (χ1v) is 6.45. The number of hydrogen-bond acceptors (Lipinski definition) is 4. The number of ether oxygens (including phenoxy) is 1. The van der Waals surface area contributed by atoms with Crippen molar-refractivity contribution >= 4 is 11.9 Å². The number of rotatable bonds is 1. The van der Waals surface area contributed by atoms with Crippen LogP contribution in [0.3, 0.4) is 0 Å². The standard InChI is InChI=1S/C13H20N2O3/c1-18-13(17)11-8-4-6-9-5-2-3-7-10(14)12(16)15(9)11/h2-3,9-11H,4-8,14H2,1H3. The molecule has 1 amide bonds. The maximum atomic E-state index is 12.3. The zero-order chi connectivity index (χ0) is 13.1. The maximum absolute atomic E-state index is 12.3. The summed E-state index contributed by atoms with van der Waals surface area (Å²) in [5.41, 5.74) is 5.86. The van der Waals surface area contributed by atoms with Gasteiger partial charge in [0.1, 0.15) is 6.04 Å². The first-order chi connectivity index (χ1) is 8.65. The smallest absolute Gasteiger partial charge is 0.328 e. The number of carbonyl (C=O) groups excluding carboxylic acids is 2. The van der Waals surface area contributed by atoms with Gasteiger partial charge in [-0.2, -0.15) is 0 Å². The highest BCUT2D eigenvalue weighted by Gasteiger charge is 2.40. The van der Waals surface area contributed by atoms with Crippen molar-refractivity contribution in [1.82, 2.24) is 4.90 Å². The van der Waals surface area contributed by atoms with Gasteiger partial charge < -0.3 is 15.4 Å². The Morgan fingerprint density at radius 1 is 1.39 bits per heavy atom. The monoisotopic (exact) mass is 252 g/mol. The molecule has 18 heavy (non-hydrogen) atoms. The second kappa shape index (κ2) is 5.52. The number of hydrogen-bond donors (Lipinski definition) is 1. The van der Waals surface area contributed by atoms with Gasteiger partial charge in [-0.3, -0.25) is 4.79 Å². The Bertz CT molecular complexity index is 367. The van der Waals surface area contributed by atoms with Gasteiger partial charge in [-0.1, -0.05) is 12.2 Å². The molecule has 1 saturated heterocycles. The van der Waals surface area contributed by atoms with Crippen LogP contribution in [-0.4, -0.2) is 42.0 Å². The van der Waals surface area contributed by atoms with Gasteiger partial charge in [0.2, 0.25) is 5.91 Å². The highest BCUT2D eigenvalue weighted by molar-refractivity contribution is 5.88. The lowest BCUT2D eigenvalue weighted by molar-refractivity contribution is -0.158. The molecule has 0 aromatic carbocycles. The molecule has 2 aliphatic heterocycles. The fraction of sp³-hybridized carbons (Fsp3) is 0.692. The van der Waals surface area contributed by atoms with Crippen LogP contribution in [0.25, 0.3) is 0 Å². The Kier molecular flexibility index (Phi) is 4.01. The third kappa shape index (κ3) is 2.41. The summed E-state index contributed by atoms with van der Waals surface area (Å²) in [4.78, 5) is 25.8. The predicted molar refractivity (Wildman–Crippen MR) is 66.6 cm³/mol. The Morgan fingerprint density at radius 2 is 2.11 bits per heavy atom. The van der Waals surface area contributed by atoms with Gasteiger partial charge in [-0.25, -0.2) is 4.79 Å². The molecule has 0 saturated carbocycles. The molecule has 2 N–H and O–H groups in total. The average Bonchev–Trinajstić information content (AvgIpc) is 2.39. The topological polar surface area (TPSA) is 72.6 Å². The van der Waals surface area contributed by atoms with E-state index in [0.29, 0.717) is 12.8 Å². The minimum atomic E-state index is -0.547. The van der Waals surface area contributed by atoms with Gasteiger partial charge in [-0.05, 0) is 32.1 Å². The highest BCUT2D eigenvalue weighted by atomic mass is 16.5. The van der Waals surface area contributed by atoms with Crippen LogP contribution in [0.2, 0.25) is 0 Å². The van der Waals surface area contributed by atoms with Gasteiger partial charge in [0.15, 0.2) is 0 Å². The van der Waals surface area contributed by atoms with Crippen LogP contribution in [0, 0.1) is 0 Å². The molecule has 5 nitrogen and oxygen atoms in total. The second-order valence-electron chi connectivity index (χ2n) is 4.92. The minimum Gasteiger partial charge on any atom is -0.467 e. The van der Waals surface area contributed by atoms with Gasteiger partial charge in [0.25, 0.3) is 0 Å². The van der Waals surface area contributed by atoms with E-state index in [2.05, 4.69) is 6.08 Å². The quantitative estimate of drug-likeness (QED) is 0.547. The number of nitrogens with zero attached hydrogens (tertiary/aromatic N) is 1. The molecule has 3 unspecified atom stereocenters. The van der Waals surface area contributed by atoms with Crippen molar-refractivity contribution in [3.8, 4) is 0 Å². The van der Waals surface area contributed by atoms with E-state index in [1.165, 1.54) is 7.11 Å². The number of methoxy groups -OCH3 is 1. The number of piperidine rings is 1. The van der Waals surface area contributed by atoms with Crippen molar-refractivity contribution in [2.24, 2.45) is 5.73 Å². The molecule has 2 aliphatic rings. The van der Waals surface area contributed by atoms with Crippen LogP contribution < -0.4 is 5.73 Å². The van der Waals surface area contributed by atoms with E-state index >= 15 is 0 Å². The Balaban J connectivity index is 2.27. The van der Waals surface area contributed by atoms with Crippen LogP contribution >= 0.6 is 0 Å².